The van der Waals surface area contributed by atoms with Crippen LogP contribution in [0.4, 0.5) is 21.9 Å². The highest BCUT2D eigenvalue weighted by molar-refractivity contribution is 7.84. The molecule has 13 heteroatoms. The number of fused-ring (bicyclic) bond motifs is 4. The summed E-state index contributed by atoms with van der Waals surface area (Å²) in [7, 11) is -1.36. The molecule has 4 heterocycles. The van der Waals surface area contributed by atoms with Gasteiger partial charge in [-0.25, -0.2) is 14.8 Å². The molecule has 1 amide bonds. The van der Waals surface area contributed by atoms with Gasteiger partial charge >= 0.3 is 6.09 Å². The van der Waals surface area contributed by atoms with Crippen molar-refractivity contribution in [1.29, 1.82) is 0 Å². The van der Waals surface area contributed by atoms with Crippen LogP contribution >= 0.6 is 0 Å². The summed E-state index contributed by atoms with van der Waals surface area (Å²) in [6.07, 6.45) is -0.661. The number of benzene rings is 6. The maximum absolute atomic E-state index is 12.9. The molecule has 0 aliphatic carbocycles. The average Bonchev–Trinajstić information content (AvgIpc) is 3.97. The first kappa shape index (κ1) is 37.7. The van der Waals surface area contributed by atoms with Crippen molar-refractivity contribution in [3.63, 3.8) is 0 Å². The maximum Gasteiger partial charge on any atom is 0.413 e. The smallest absolute Gasteiger partial charge is 0.413 e. The Morgan fingerprint density at radius 1 is 0.583 bits per heavy atom. The van der Waals surface area contributed by atoms with Gasteiger partial charge < -0.3 is 14.9 Å². The van der Waals surface area contributed by atoms with Crippen LogP contribution in [-0.4, -0.2) is 52.6 Å². The number of aromatic nitrogens is 2. The summed E-state index contributed by atoms with van der Waals surface area (Å²) in [6, 6.07) is 46.8. The molecule has 10 rings (SSSR count). The minimum absolute atomic E-state index is 0.0742. The van der Waals surface area contributed by atoms with Crippen LogP contribution in [0.3, 0.4) is 0 Å². The number of nitrogens with one attached hydrogen (secondary N) is 1. The Morgan fingerprint density at radius 3 is 1.58 bits per heavy atom. The molecular weight excluding hydrogens is 779 g/mol. The van der Waals surface area contributed by atoms with Crippen molar-refractivity contribution in [3.05, 3.63) is 180 Å². The van der Waals surface area contributed by atoms with E-state index in [1.165, 1.54) is 4.57 Å². The molecule has 1 unspecified atom stereocenters. The van der Waals surface area contributed by atoms with Crippen molar-refractivity contribution >= 4 is 78.8 Å². The molecule has 60 heavy (non-hydrogen) atoms. The number of anilines is 1. The Labute approximate surface area is 344 Å². The lowest BCUT2D eigenvalue weighted by molar-refractivity contribution is 0.106. The van der Waals surface area contributed by atoms with Gasteiger partial charge in [0.2, 0.25) is 23.3 Å². The number of rotatable bonds is 8. The van der Waals surface area contributed by atoms with Crippen LogP contribution < -0.4 is 5.32 Å². The fraction of sp³-hybridized carbons (Fsp3) is 0.0426. The van der Waals surface area contributed by atoms with Gasteiger partial charge in [0.15, 0.2) is 6.73 Å². The number of para-hydroxylation sites is 5. The number of hydrogen-bond acceptors (Lipinski definition) is 9. The van der Waals surface area contributed by atoms with Crippen LogP contribution in [-0.2, 0) is 28.1 Å². The summed E-state index contributed by atoms with van der Waals surface area (Å²) in [6.45, 7) is -0.237. The van der Waals surface area contributed by atoms with Gasteiger partial charge in [0.05, 0.1) is 44.3 Å². The van der Waals surface area contributed by atoms with Gasteiger partial charge in [0.25, 0.3) is 0 Å². The minimum Gasteiger partial charge on any atom is -0.494 e. The minimum atomic E-state index is -1.36. The highest BCUT2D eigenvalue weighted by Crippen LogP contribution is 2.39. The zero-order valence-electron chi connectivity index (χ0n) is 31.6. The number of ether oxygens (including phenoxy) is 1. The van der Waals surface area contributed by atoms with E-state index in [2.05, 4.69) is 15.3 Å². The summed E-state index contributed by atoms with van der Waals surface area (Å²) in [5, 5.41) is 26.0. The highest BCUT2D eigenvalue weighted by atomic mass is 32.2. The van der Waals surface area contributed by atoms with Crippen molar-refractivity contribution in [1.82, 2.24) is 9.13 Å². The van der Waals surface area contributed by atoms with Gasteiger partial charge in [-0.15, -0.1) is 0 Å². The molecule has 0 bridgehead atoms. The Hall–Kier alpha value is -7.90. The van der Waals surface area contributed by atoms with E-state index in [1.54, 1.807) is 102 Å². The fourth-order valence-corrected chi connectivity index (χ4v) is 8.44. The molecule has 294 valence electrons. The number of Topliss-reactive ketones (excluding diaryl/α,β-unsaturated/α-hetero) is 2. The van der Waals surface area contributed by atoms with Gasteiger partial charge in [0, 0.05) is 32.5 Å². The van der Waals surface area contributed by atoms with Crippen LogP contribution in [0.5, 0.6) is 11.8 Å². The Bertz CT molecular complexity index is 3100. The number of amides is 1. The molecule has 1 atom stereocenters. The second kappa shape index (κ2) is 15.8. The van der Waals surface area contributed by atoms with Crippen LogP contribution in [0, 0.1) is 0 Å². The van der Waals surface area contributed by atoms with Crippen molar-refractivity contribution in [2.45, 2.75) is 17.5 Å². The number of aromatic hydroxyl groups is 2. The first-order chi connectivity index (χ1) is 29.3. The maximum atomic E-state index is 12.9. The van der Waals surface area contributed by atoms with E-state index in [-0.39, 0.29) is 47.4 Å². The predicted octanol–water partition coefficient (Wildman–Crippen LogP) is 9.30. The van der Waals surface area contributed by atoms with E-state index < -0.39 is 16.9 Å². The van der Waals surface area contributed by atoms with E-state index in [0.717, 1.165) is 0 Å². The van der Waals surface area contributed by atoms with Crippen molar-refractivity contribution in [2.24, 2.45) is 9.98 Å². The normalized spacial score (nSPS) is 13.3. The van der Waals surface area contributed by atoms with Gasteiger partial charge in [-0.2, -0.15) is 0 Å². The number of ketones is 2. The number of nitrogens with zero attached hydrogens (tertiary/aromatic N) is 4. The number of hydrogen-bond donors (Lipinski definition) is 3. The Kier molecular flexibility index (Phi) is 9.92. The molecule has 0 radical (unpaired) electrons. The lowest BCUT2D eigenvalue weighted by atomic mass is 10.0. The van der Waals surface area contributed by atoms with Gasteiger partial charge in [-0.05, 0) is 60.7 Å². The second-order valence-corrected chi connectivity index (χ2v) is 15.2. The molecule has 2 aromatic heterocycles. The van der Waals surface area contributed by atoms with Crippen LogP contribution in [0.1, 0.15) is 31.8 Å². The quantitative estimate of drug-likeness (QED) is 0.138. The molecule has 0 saturated carbocycles. The van der Waals surface area contributed by atoms with Gasteiger partial charge in [-0.3, -0.25) is 28.2 Å². The monoisotopic (exact) mass is 811 g/mol. The third kappa shape index (κ3) is 6.82. The van der Waals surface area contributed by atoms with E-state index in [9.17, 15) is 28.8 Å². The van der Waals surface area contributed by atoms with E-state index in [0.29, 0.717) is 66.0 Å². The first-order valence-electron chi connectivity index (χ1n) is 18.8. The number of aliphatic imine (C=N–C) groups is 2. The summed E-state index contributed by atoms with van der Waals surface area (Å²) < 4.78 is 21.2. The lowest BCUT2D eigenvalue weighted by Crippen LogP contribution is -2.16. The number of carbonyl (C=O) groups is 3. The van der Waals surface area contributed by atoms with E-state index in [1.807, 2.05) is 60.7 Å². The molecule has 0 fully saturated rings. The van der Waals surface area contributed by atoms with Crippen molar-refractivity contribution < 1.29 is 33.5 Å². The molecule has 12 nitrogen and oxygen atoms in total. The molecule has 2 aliphatic rings. The van der Waals surface area contributed by atoms with Crippen molar-refractivity contribution in [3.8, 4) is 11.8 Å². The molecule has 3 N–H and O–H groups in total. The predicted molar refractivity (Wildman–Crippen MR) is 231 cm³/mol. The third-order valence-corrected chi connectivity index (χ3v) is 11.4. The Morgan fingerprint density at radius 2 is 1.03 bits per heavy atom. The van der Waals surface area contributed by atoms with Crippen LogP contribution in [0.15, 0.2) is 173 Å². The molecule has 6 aromatic carbocycles. The molecule has 8 aromatic rings. The number of carbonyl (C=O) groups excluding carboxylic acids is 3. The molecule has 0 spiro atoms. The van der Waals surface area contributed by atoms with Crippen LogP contribution in [0.2, 0.25) is 0 Å². The largest absolute Gasteiger partial charge is 0.494 e. The standard InChI is InChI=1S/C24H17N3O4.C23H16N2O3S/c28-22-16-10-4-6-12-18(16)26-21(22)20-17-11-5-7-13-19(17)27(23(20)29)14-31-24(30)25-15-8-2-1-3-9-15;26-22-16-10-4-6-12-18(16)24-21(22)20-17-11-5-7-13-19(17)25(23(20)27)14-29(28)15-8-2-1-3-9-15/h1-13,29H,14H2,(H,25,30);1-13,27H,14H2. The Balaban J connectivity index is 0.000000154. The lowest BCUT2D eigenvalue weighted by Gasteiger charge is -2.10. The van der Waals surface area contributed by atoms with Gasteiger partial charge in [-0.1, -0.05) is 97.1 Å². The highest BCUT2D eigenvalue weighted by Gasteiger charge is 2.33. The fourth-order valence-electron chi connectivity index (χ4n) is 7.33. The zero-order valence-corrected chi connectivity index (χ0v) is 32.4. The summed E-state index contributed by atoms with van der Waals surface area (Å²) >= 11 is 0. The SMILES string of the molecule is O=C(Nc1ccccc1)OCn1c(O)c(C2=Nc3ccccc3C2=O)c2ccccc21.O=C1C(c2c(O)n(CS(=O)c3ccccc3)c3ccccc23)=Nc2ccccc21. The van der Waals surface area contributed by atoms with Crippen LogP contribution in [0.25, 0.3) is 21.8 Å². The van der Waals surface area contributed by atoms with Gasteiger partial charge in [0.1, 0.15) is 17.3 Å². The molecule has 2 aliphatic heterocycles. The van der Waals surface area contributed by atoms with E-state index >= 15 is 0 Å². The summed E-state index contributed by atoms with van der Waals surface area (Å²) in [5.41, 5.74) is 5.18. The third-order valence-electron chi connectivity index (χ3n) is 10.1. The topological polar surface area (TPSA) is 165 Å². The van der Waals surface area contributed by atoms with Crippen molar-refractivity contribution in [2.75, 3.05) is 5.32 Å². The summed E-state index contributed by atoms with van der Waals surface area (Å²) in [5.74, 6) is -0.686. The van der Waals surface area contributed by atoms with E-state index in [4.69, 9.17) is 4.74 Å². The zero-order chi connectivity index (χ0) is 41.3. The molecular formula is C47H33N5O7S. The first-order valence-corrected chi connectivity index (χ1v) is 20.1. The average molecular weight is 812 g/mol. The second-order valence-electron chi connectivity index (χ2n) is 13.7. The summed E-state index contributed by atoms with van der Waals surface area (Å²) in [4.78, 5) is 47.7. The molecule has 0 saturated heterocycles.